The molecule has 3 heterocycles. The summed E-state index contributed by atoms with van der Waals surface area (Å²) in [6, 6.07) is 8.77. The monoisotopic (exact) mass is 469 g/mol. The van der Waals surface area contributed by atoms with Crippen molar-refractivity contribution in [3.63, 3.8) is 0 Å². The molecule has 1 N–H and O–H groups in total. The highest BCUT2D eigenvalue weighted by Crippen LogP contribution is 2.36. The lowest BCUT2D eigenvalue weighted by Gasteiger charge is -2.27. The Labute approximate surface area is 196 Å². The maximum Gasteiger partial charge on any atom is 0.325 e. The summed E-state index contributed by atoms with van der Waals surface area (Å²) in [5, 5.41) is 4.87. The second-order valence-corrected chi connectivity index (χ2v) is 9.74. The number of hydrogen-bond donors (Lipinski definition) is 1. The van der Waals surface area contributed by atoms with Gasteiger partial charge in [0.25, 0.3) is 5.91 Å². The van der Waals surface area contributed by atoms with Crippen molar-refractivity contribution >= 4 is 34.9 Å². The molecule has 1 saturated heterocycles. The third-order valence-electron chi connectivity index (χ3n) is 6.53. The molecule has 3 aliphatic rings. The number of thiophene rings is 1. The maximum atomic E-state index is 13.5. The molecule has 1 spiro atoms. The van der Waals surface area contributed by atoms with E-state index in [2.05, 4.69) is 5.32 Å². The number of imide groups is 1. The van der Waals surface area contributed by atoms with Crippen molar-refractivity contribution < 1.29 is 23.9 Å². The highest BCUT2D eigenvalue weighted by molar-refractivity contribution is 7.09. The zero-order valence-corrected chi connectivity index (χ0v) is 19.2. The maximum absolute atomic E-state index is 13.5. The van der Waals surface area contributed by atoms with E-state index in [9.17, 15) is 14.4 Å². The minimum Gasteiger partial charge on any atom is -0.486 e. The summed E-state index contributed by atoms with van der Waals surface area (Å²) in [4.78, 5) is 43.2. The van der Waals surface area contributed by atoms with Gasteiger partial charge in [-0.15, -0.1) is 11.3 Å². The first-order valence-corrected chi connectivity index (χ1v) is 12.3. The van der Waals surface area contributed by atoms with Crippen molar-refractivity contribution in [2.45, 2.75) is 50.6 Å². The van der Waals surface area contributed by atoms with Crippen LogP contribution in [0.5, 0.6) is 11.5 Å². The fourth-order valence-electron chi connectivity index (χ4n) is 4.79. The van der Waals surface area contributed by atoms with Gasteiger partial charge >= 0.3 is 6.03 Å². The molecule has 2 fully saturated rings. The number of carbonyl (C=O) groups excluding carboxylic acids is 3. The number of rotatable bonds is 5. The van der Waals surface area contributed by atoms with Crippen LogP contribution in [0.25, 0.3) is 0 Å². The molecule has 0 unspecified atom stereocenters. The van der Waals surface area contributed by atoms with Gasteiger partial charge in [-0.05, 0) is 36.4 Å². The van der Waals surface area contributed by atoms with Crippen LogP contribution in [-0.4, -0.2) is 48.0 Å². The van der Waals surface area contributed by atoms with Crippen LogP contribution in [-0.2, 0) is 16.1 Å². The van der Waals surface area contributed by atoms with Crippen LogP contribution in [0.15, 0.2) is 35.7 Å². The number of anilines is 1. The largest absolute Gasteiger partial charge is 0.486 e. The van der Waals surface area contributed by atoms with Crippen LogP contribution in [0.4, 0.5) is 10.5 Å². The molecule has 1 aromatic heterocycles. The summed E-state index contributed by atoms with van der Waals surface area (Å²) in [6.45, 7) is 0.967. The molecule has 1 aromatic carbocycles. The second kappa shape index (κ2) is 9.05. The van der Waals surface area contributed by atoms with Gasteiger partial charge in [-0.25, -0.2) is 4.79 Å². The molecule has 5 rings (SSSR count). The summed E-state index contributed by atoms with van der Waals surface area (Å²) in [6.07, 6.45) is 5.17. The van der Waals surface area contributed by atoms with E-state index in [0.717, 1.165) is 35.5 Å². The number of urea groups is 1. The van der Waals surface area contributed by atoms with Gasteiger partial charge in [0.1, 0.15) is 25.3 Å². The van der Waals surface area contributed by atoms with Crippen LogP contribution in [0, 0.1) is 0 Å². The van der Waals surface area contributed by atoms with E-state index < -0.39 is 11.6 Å². The summed E-state index contributed by atoms with van der Waals surface area (Å²) in [5.41, 5.74) is -0.224. The summed E-state index contributed by atoms with van der Waals surface area (Å²) < 4.78 is 11.3. The fraction of sp³-hybridized carbons (Fsp3) is 0.458. The number of ether oxygens (including phenoxy) is 2. The molecule has 4 amide bonds. The van der Waals surface area contributed by atoms with E-state index in [0.29, 0.717) is 49.8 Å². The van der Waals surface area contributed by atoms with Crippen LogP contribution >= 0.6 is 11.3 Å². The molecule has 33 heavy (non-hydrogen) atoms. The Bertz CT molecular complexity index is 1050. The van der Waals surface area contributed by atoms with Crippen molar-refractivity contribution in [1.29, 1.82) is 0 Å². The minimum atomic E-state index is -0.858. The molecular weight excluding hydrogens is 442 g/mol. The Morgan fingerprint density at radius 2 is 1.82 bits per heavy atom. The second-order valence-electron chi connectivity index (χ2n) is 8.70. The third kappa shape index (κ3) is 4.29. The predicted octanol–water partition coefficient (Wildman–Crippen LogP) is 3.70. The number of nitrogens with zero attached hydrogens (tertiary/aromatic N) is 2. The van der Waals surface area contributed by atoms with E-state index in [4.69, 9.17) is 9.47 Å². The van der Waals surface area contributed by atoms with Crippen LogP contribution in [0.3, 0.4) is 0 Å². The quantitative estimate of drug-likeness (QED) is 0.675. The smallest absolute Gasteiger partial charge is 0.325 e. The van der Waals surface area contributed by atoms with Gasteiger partial charge in [0.05, 0.1) is 6.54 Å². The highest BCUT2D eigenvalue weighted by atomic mass is 32.1. The number of hydrogen-bond acceptors (Lipinski definition) is 6. The molecule has 8 nitrogen and oxygen atoms in total. The summed E-state index contributed by atoms with van der Waals surface area (Å²) in [7, 11) is 0. The van der Waals surface area contributed by atoms with Crippen molar-refractivity contribution in [2.24, 2.45) is 0 Å². The standard InChI is InChI=1S/C24H27N3O5S/c28-21(16-27-22(29)24(25-23(27)30)9-3-1-2-4-10-24)26(15-18-6-5-13-33-18)17-7-8-19-20(14-17)32-12-11-31-19/h5-8,13-14H,1-4,9-12,15-16H2,(H,25,30). The Kier molecular flexibility index (Phi) is 5.97. The average Bonchev–Trinajstić information content (AvgIpc) is 3.33. The summed E-state index contributed by atoms with van der Waals surface area (Å²) >= 11 is 1.55. The normalized spacial score (nSPS) is 19.3. The number of amides is 4. The lowest BCUT2D eigenvalue weighted by atomic mass is 9.90. The SMILES string of the molecule is O=C1NC2(CCCCCC2)C(=O)N1CC(=O)N(Cc1cccs1)c1ccc2c(c1)OCCO2. The molecule has 2 aromatic rings. The average molecular weight is 470 g/mol. The van der Waals surface area contributed by atoms with Gasteiger partial charge in [0.2, 0.25) is 5.91 Å². The summed E-state index contributed by atoms with van der Waals surface area (Å²) in [5.74, 6) is 0.614. The highest BCUT2D eigenvalue weighted by Gasteiger charge is 2.51. The zero-order valence-electron chi connectivity index (χ0n) is 18.4. The molecule has 2 aliphatic heterocycles. The van der Waals surface area contributed by atoms with Crippen LogP contribution in [0.2, 0.25) is 0 Å². The van der Waals surface area contributed by atoms with Crippen LogP contribution in [0.1, 0.15) is 43.4 Å². The van der Waals surface area contributed by atoms with E-state index >= 15 is 0 Å². The van der Waals surface area contributed by atoms with Crippen molar-refractivity contribution in [3.05, 3.63) is 40.6 Å². The first-order chi connectivity index (χ1) is 16.1. The van der Waals surface area contributed by atoms with E-state index in [-0.39, 0.29) is 18.4 Å². The number of fused-ring (bicyclic) bond motifs is 1. The first-order valence-electron chi connectivity index (χ1n) is 11.4. The van der Waals surface area contributed by atoms with E-state index in [1.54, 1.807) is 34.4 Å². The number of nitrogens with one attached hydrogen (secondary N) is 1. The Morgan fingerprint density at radius 3 is 2.55 bits per heavy atom. The minimum absolute atomic E-state index is 0.277. The van der Waals surface area contributed by atoms with Gasteiger partial charge in [-0.1, -0.05) is 31.7 Å². The molecular formula is C24H27N3O5S. The van der Waals surface area contributed by atoms with E-state index in [1.807, 2.05) is 17.5 Å². The lowest BCUT2D eigenvalue weighted by molar-refractivity contribution is -0.134. The number of carbonyl (C=O) groups is 3. The molecule has 1 aliphatic carbocycles. The third-order valence-corrected chi connectivity index (χ3v) is 7.39. The molecule has 0 radical (unpaired) electrons. The Balaban J connectivity index is 1.39. The molecule has 174 valence electrons. The lowest BCUT2D eigenvalue weighted by Crippen LogP contribution is -2.47. The van der Waals surface area contributed by atoms with Gasteiger partial charge < -0.3 is 19.7 Å². The predicted molar refractivity (Wildman–Crippen MR) is 124 cm³/mol. The van der Waals surface area contributed by atoms with Gasteiger partial charge in [0, 0.05) is 16.6 Å². The van der Waals surface area contributed by atoms with Crippen molar-refractivity contribution in [3.8, 4) is 11.5 Å². The first kappa shape index (κ1) is 21.8. The van der Waals surface area contributed by atoms with Crippen molar-refractivity contribution in [2.75, 3.05) is 24.7 Å². The van der Waals surface area contributed by atoms with Crippen LogP contribution < -0.4 is 19.7 Å². The number of benzene rings is 1. The van der Waals surface area contributed by atoms with Gasteiger partial charge in [-0.3, -0.25) is 14.5 Å². The van der Waals surface area contributed by atoms with E-state index in [1.165, 1.54) is 0 Å². The zero-order chi connectivity index (χ0) is 22.8. The molecule has 0 bridgehead atoms. The molecule has 9 heteroatoms. The van der Waals surface area contributed by atoms with Gasteiger partial charge in [-0.2, -0.15) is 0 Å². The topological polar surface area (TPSA) is 88.2 Å². The molecule has 0 atom stereocenters. The van der Waals surface area contributed by atoms with Gasteiger partial charge in [0.15, 0.2) is 11.5 Å². The fourth-order valence-corrected chi connectivity index (χ4v) is 5.49. The van der Waals surface area contributed by atoms with Crippen molar-refractivity contribution in [1.82, 2.24) is 10.2 Å². The Morgan fingerprint density at radius 1 is 1.06 bits per heavy atom. The Hall–Kier alpha value is -3.07. The molecule has 1 saturated carbocycles.